The number of benzene rings is 2. The molecule has 6 nitrogen and oxygen atoms in total. The quantitative estimate of drug-likeness (QED) is 0.665. The zero-order valence-electron chi connectivity index (χ0n) is 15.9. The van der Waals surface area contributed by atoms with Gasteiger partial charge in [0.25, 0.3) is 5.91 Å². The second-order valence-electron chi connectivity index (χ2n) is 5.70. The lowest BCUT2D eigenvalue weighted by molar-refractivity contribution is 0.0526. The molecule has 0 radical (unpaired) electrons. The van der Waals surface area contributed by atoms with Gasteiger partial charge in [-0.1, -0.05) is 13.0 Å². The molecule has 1 N–H and O–H groups in total. The van der Waals surface area contributed by atoms with E-state index in [9.17, 15) is 9.59 Å². The molecule has 0 saturated heterocycles. The monoisotopic (exact) mass is 371 g/mol. The Labute approximate surface area is 159 Å². The van der Waals surface area contributed by atoms with Crippen LogP contribution in [0.5, 0.6) is 11.5 Å². The predicted octanol–water partition coefficient (Wildman–Crippen LogP) is 4.30. The van der Waals surface area contributed by atoms with Gasteiger partial charge in [-0.2, -0.15) is 0 Å². The van der Waals surface area contributed by atoms with Crippen LogP contribution in [0.1, 0.15) is 47.9 Å². The summed E-state index contributed by atoms with van der Waals surface area (Å²) in [5.41, 5.74) is 1.33. The molecule has 2 rings (SSSR count). The molecule has 0 aliphatic carbocycles. The fourth-order valence-electron chi connectivity index (χ4n) is 2.39. The summed E-state index contributed by atoms with van der Waals surface area (Å²) in [7, 11) is 0. The van der Waals surface area contributed by atoms with Crippen LogP contribution in [0, 0.1) is 0 Å². The van der Waals surface area contributed by atoms with Crippen LogP contribution in [-0.4, -0.2) is 31.7 Å². The van der Waals surface area contributed by atoms with Gasteiger partial charge < -0.3 is 19.5 Å². The van der Waals surface area contributed by atoms with Crippen LogP contribution in [0.25, 0.3) is 0 Å². The number of hydrogen-bond donors (Lipinski definition) is 1. The van der Waals surface area contributed by atoms with Gasteiger partial charge in [0, 0.05) is 11.3 Å². The number of hydrogen-bond acceptors (Lipinski definition) is 5. The normalized spacial score (nSPS) is 10.2. The van der Waals surface area contributed by atoms with E-state index in [0.29, 0.717) is 48.1 Å². The second-order valence-corrected chi connectivity index (χ2v) is 5.70. The van der Waals surface area contributed by atoms with Crippen molar-refractivity contribution in [2.75, 3.05) is 25.1 Å². The van der Waals surface area contributed by atoms with Crippen LogP contribution < -0.4 is 14.8 Å². The van der Waals surface area contributed by atoms with Crippen molar-refractivity contribution in [3.05, 3.63) is 53.6 Å². The molecule has 0 fully saturated rings. The average Bonchev–Trinajstić information content (AvgIpc) is 2.67. The van der Waals surface area contributed by atoms with Crippen molar-refractivity contribution >= 4 is 17.6 Å². The van der Waals surface area contributed by atoms with E-state index < -0.39 is 5.97 Å². The fourth-order valence-corrected chi connectivity index (χ4v) is 2.39. The van der Waals surface area contributed by atoms with Crippen LogP contribution in [0.2, 0.25) is 0 Å². The van der Waals surface area contributed by atoms with Crippen LogP contribution in [0.15, 0.2) is 42.5 Å². The third kappa shape index (κ3) is 5.74. The molecule has 144 valence electrons. The maximum atomic E-state index is 12.6. The summed E-state index contributed by atoms with van der Waals surface area (Å²) in [5.74, 6) is 0.405. The van der Waals surface area contributed by atoms with E-state index in [1.807, 2.05) is 13.8 Å². The van der Waals surface area contributed by atoms with Gasteiger partial charge in [-0.05, 0) is 56.7 Å². The van der Waals surface area contributed by atoms with Gasteiger partial charge in [-0.3, -0.25) is 4.79 Å². The standard InChI is InChI=1S/C21H25NO5/c1-4-12-27-18-11-10-15(14-19(18)25-5-2)20(23)22-17-9-7-8-16(13-17)21(24)26-6-3/h7-11,13-14H,4-6,12H2,1-3H3,(H,22,23). The van der Waals surface area contributed by atoms with E-state index >= 15 is 0 Å². The molecule has 0 heterocycles. The maximum absolute atomic E-state index is 12.6. The molecule has 0 aliphatic heterocycles. The van der Waals surface area contributed by atoms with Gasteiger partial charge in [0.15, 0.2) is 11.5 Å². The summed E-state index contributed by atoms with van der Waals surface area (Å²) in [6.07, 6.45) is 0.880. The maximum Gasteiger partial charge on any atom is 0.338 e. The molecule has 1 amide bonds. The highest BCUT2D eigenvalue weighted by molar-refractivity contribution is 6.05. The van der Waals surface area contributed by atoms with Gasteiger partial charge in [0.05, 0.1) is 25.4 Å². The summed E-state index contributed by atoms with van der Waals surface area (Å²) >= 11 is 0. The summed E-state index contributed by atoms with van der Waals surface area (Å²) in [5, 5.41) is 2.78. The highest BCUT2D eigenvalue weighted by atomic mass is 16.5. The Morgan fingerprint density at radius 1 is 0.889 bits per heavy atom. The first kappa shape index (κ1) is 20.3. The zero-order valence-corrected chi connectivity index (χ0v) is 15.9. The summed E-state index contributed by atoms with van der Waals surface area (Å²) < 4.78 is 16.2. The van der Waals surface area contributed by atoms with Crippen LogP contribution in [-0.2, 0) is 4.74 Å². The van der Waals surface area contributed by atoms with Crippen molar-refractivity contribution in [3.63, 3.8) is 0 Å². The molecule has 6 heteroatoms. The highest BCUT2D eigenvalue weighted by Gasteiger charge is 2.13. The van der Waals surface area contributed by atoms with Gasteiger partial charge in [0.2, 0.25) is 0 Å². The molecular weight excluding hydrogens is 346 g/mol. The van der Waals surface area contributed by atoms with Crippen molar-refractivity contribution < 1.29 is 23.8 Å². The third-order valence-electron chi connectivity index (χ3n) is 3.60. The summed E-state index contributed by atoms with van der Waals surface area (Å²) in [6.45, 7) is 6.97. The second kappa shape index (κ2) is 10.2. The van der Waals surface area contributed by atoms with Crippen molar-refractivity contribution in [2.24, 2.45) is 0 Å². The number of carbonyl (C=O) groups is 2. The largest absolute Gasteiger partial charge is 0.490 e. The fraction of sp³-hybridized carbons (Fsp3) is 0.333. The molecular formula is C21H25NO5. The Morgan fingerprint density at radius 3 is 2.41 bits per heavy atom. The molecule has 0 atom stereocenters. The van der Waals surface area contributed by atoms with Crippen molar-refractivity contribution in [3.8, 4) is 11.5 Å². The minimum absolute atomic E-state index is 0.294. The summed E-state index contributed by atoms with van der Waals surface area (Å²) in [4.78, 5) is 24.4. The molecule has 0 aliphatic rings. The first-order valence-electron chi connectivity index (χ1n) is 9.07. The molecule has 2 aromatic rings. The Morgan fingerprint density at radius 2 is 1.70 bits per heavy atom. The lowest BCUT2D eigenvalue weighted by Crippen LogP contribution is -2.13. The molecule has 0 aromatic heterocycles. The Bertz CT molecular complexity index is 788. The number of esters is 1. The molecule has 27 heavy (non-hydrogen) atoms. The number of nitrogens with one attached hydrogen (secondary N) is 1. The SMILES string of the molecule is CCCOc1ccc(C(=O)Nc2cccc(C(=O)OCC)c2)cc1OCC. The lowest BCUT2D eigenvalue weighted by Gasteiger charge is -2.13. The molecule has 2 aromatic carbocycles. The summed E-state index contributed by atoms with van der Waals surface area (Å²) in [6, 6.07) is 11.7. The van der Waals surface area contributed by atoms with Gasteiger partial charge in [-0.25, -0.2) is 4.79 Å². The number of amides is 1. The Kier molecular flexibility index (Phi) is 7.67. The van der Waals surface area contributed by atoms with Crippen LogP contribution in [0.3, 0.4) is 0 Å². The predicted molar refractivity (Wildman–Crippen MR) is 104 cm³/mol. The van der Waals surface area contributed by atoms with E-state index in [4.69, 9.17) is 14.2 Å². The van der Waals surface area contributed by atoms with E-state index in [-0.39, 0.29) is 5.91 Å². The van der Waals surface area contributed by atoms with Gasteiger partial charge >= 0.3 is 5.97 Å². The number of ether oxygens (including phenoxy) is 3. The lowest BCUT2D eigenvalue weighted by atomic mass is 10.1. The van der Waals surface area contributed by atoms with E-state index in [1.54, 1.807) is 49.4 Å². The average molecular weight is 371 g/mol. The first-order valence-corrected chi connectivity index (χ1v) is 9.07. The number of rotatable bonds is 9. The molecule has 0 saturated carbocycles. The van der Waals surface area contributed by atoms with E-state index in [1.165, 1.54) is 0 Å². The van der Waals surface area contributed by atoms with Crippen molar-refractivity contribution in [2.45, 2.75) is 27.2 Å². The topological polar surface area (TPSA) is 73.9 Å². The van der Waals surface area contributed by atoms with Crippen molar-refractivity contribution in [1.82, 2.24) is 0 Å². The number of carbonyl (C=O) groups excluding carboxylic acids is 2. The van der Waals surface area contributed by atoms with Crippen LogP contribution >= 0.6 is 0 Å². The van der Waals surface area contributed by atoms with Crippen LogP contribution in [0.4, 0.5) is 5.69 Å². The highest BCUT2D eigenvalue weighted by Crippen LogP contribution is 2.29. The number of anilines is 1. The van der Waals surface area contributed by atoms with Gasteiger partial charge in [-0.15, -0.1) is 0 Å². The van der Waals surface area contributed by atoms with Crippen molar-refractivity contribution in [1.29, 1.82) is 0 Å². The minimum Gasteiger partial charge on any atom is -0.490 e. The molecule has 0 spiro atoms. The smallest absolute Gasteiger partial charge is 0.338 e. The molecule has 0 bridgehead atoms. The van der Waals surface area contributed by atoms with Gasteiger partial charge in [0.1, 0.15) is 0 Å². The Balaban J connectivity index is 2.16. The third-order valence-corrected chi connectivity index (χ3v) is 3.60. The Hall–Kier alpha value is -3.02. The van der Waals surface area contributed by atoms with E-state index in [2.05, 4.69) is 5.32 Å². The molecule has 0 unspecified atom stereocenters. The minimum atomic E-state index is -0.426. The first-order chi connectivity index (χ1) is 13.1. The van der Waals surface area contributed by atoms with E-state index in [0.717, 1.165) is 6.42 Å². The zero-order chi connectivity index (χ0) is 19.6.